The zero-order valence-corrected chi connectivity index (χ0v) is 11.9. The minimum absolute atomic E-state index is 0.278. The number of hydrogen-bond acceptors (Lipinski definition) is 3. The first kappa shape index (κ1) is 15.0. The van der Waals surface area contributed by atoms with Crippen LogP contribution in [-0.4, -0.2) is 26.4 Å². The van der Waals surface area contributed by atoms with Gasteiger partial charge in [-0.05, 0) is 31.0 Å². The van der Waals surface area contributed by atoms with E-state index in [1.54, 1.807) is 14.2 Å². The van der Waals surface area contributed by atoms with Crippen LogP contribution in [0.3, 0.4) is 0 Å². The first-order chi connectivity index (χ1) is 8.71. The van der Waals surface area contributed by atoms with Crippen LogP contribution in [0, 0.1) is 0 Å². The molecule has 0 saturated carbocycles. The van der Waals surface area contributed by atoms with Gasteiger partial charge in [-0.25, -0.2) is 0 Å². The molecular weight excluding hydrogens is 226 g/mol. The van der Waals surface area contributed by atoms with Crippen molar-refractivity contribution in [3.8, 4) is 5.75 Å². The standard InChI is InChI=1S/C15H25NO2/c1-5-7-15(18-4)12(2)16-11-13-8-6-9-14(10-13)17-3/h6,8-10,12,15-16H,5,7,11H2,1-4H3. The summed E-state index contributed by atoms with van der Waals surface area (Å²) in [6.45, 7) is 5.19. The summed E-state index contributed by atoms with van der Waals surface area (Å²) in [5.74, 6) is 0.902. The summed E-state index contributed by atoms with van der Waals surface area (Å²) < 4.78 is 10.7. The number of benzene rings is 1. The molecule has 0 radical (unpaired) electrons. The molecule has 1 aromatic carbocycles. The lowest BCUT2D eigenvalue weighted by molar-refractivity contribution is 0.0657. The van der Waals surface area contributed by atoms with Crippen LogP contribution in [0.1, 0.15) is 32.3 Å². The SMILES string of the molecule is CCCC(OC)C(C)NCc1cccc(OC)c1. The molecule has 0 saturated heterocycles. The molecule has 18 heavy (non-hydrogen) atoms. The van der Waals surface area contributed by atoms with Gasteiger partial charge in [0.2, 0.25) is 0 Å². The molecule has 0 heterocycles. The Kier molecular flexibility index (Phi) is 6.76. The number of hydrogen-bond donors (Lipinski definition) is 1. The first-order valence-corrected chi connectivity index (χ1v) is 6.60. The van der Waals surface area contributed by atoms with Crippen LogP contribution in [0.4, 0.5) is 0 Å². The fraction of sp³-hybridized carbons (Fsp3) is 0.600. The monoisotopic (exact) mass is 251 g/mol. The highest BCUT2D eigenvalue weighted by atomic mass is 16.5. The van der Waals surface area contributed by atoms with Gasteiger partial charge in [-0.1, -0.05) is 25.5 Å². The van der Waals surface area contributed by atoms with Gasteiger partial charge in [0, 0.05) is 19.7 Å². The van der Waals surface area contributed by atoms with Gasteiger partial charge in [0.1, 0.15) is 5.75 Å². The maximum atomic E-state index is 5.50. The van der Waals surface area contributed by atoms with Crippen LogP contribution in [0.25, 0.3) is 0 Å². The normalized spacial score (nSPS) is 14.2. The average molecular weight is 251 g/mol. The molecule has 102 valence electrons. The number of rotatable bonds is 8. The van der Waals surface area contributed by atoms with Gasteiger partial charge in [0.25, 0.3) is 0 Å². The van der Waals surface area contributed by atoms with Crippen LogP contribution in [0.2, 0.25) is 0 Å². The minimum atomic E-state index is 0.278. The molecule has 0 fully saturated rings. The van der Waals surface area contributed by atoms with Crippen LogP contribution in [0.15, 0.2) is 24.3 Å². The molecule has 1 N–H and O–H groups in total. The lowest BCUT2D eigenvalue weighted by Crippen LogP contribution is -2.38. The first-order valence-electron chi connectivity index (χ1n) is 6.60. The molecule has 0 aliphatic heterocycles. The quantitative estimate of drug-likeness (QED) is 0.770. The Bertz CT molecular complexity index is 341. The largest absolute Gasteiger partial charge is 0.497 e. The van der Waals surface area contributed by atoms with Crippen molar-refractivity contribution in [2.45, 2.75) is 45.4 Å². The Morgan fingerprint density at radius 1 is 1.28 bits per heavy atom. The summed E-state index contributed by atoms with van der Waals surface area (Å²) in [6, 6.07) is 8.48. The maximum absolute atomic E-state index is 5.50. The predicted octanol–water partition coefficient (Wildman–Crippen LogP) is 2.99. The average Bonchev–Trinajstić information content (AvgIpc) is 2.42. The highest BCUT2D eigenvalue weighted by Gasteiger charge is 2.14. The number of nitrogens with one attached hydrogen (secondary N) is 1. The van der Waals surface area contributed by atoms with E-state index < -0.39 is 0 Å². The van der Waals surface area contributed by atoms with Gasteiger partial charge >= 0.3 is 0 Å². The van der Waals surface area contributed by atoms with E-state index in [0.717, 1.165) is 25.1 Å². The zero-order valence-electron chi connectivity index (χ0n) is 11.9. The van der Waals surface area contributed by atoms with Gasteiger partial charge < -0.3 is 14.8 Å². The summed E-state index contributed by atoms with van der Waals surface area (Å²) in [6.07, 6.45) is 2.51. The fourth-order valence-electron chi connectivity index (χ4n) is 2.05. The molecule has 2 unspecified atom stereocenters. The second-order valence-corrected chi connectivity index (χ2v) is 4.58. The van der Waals surface area contributed by atoms with Gasteiger partial charge in [-0.15, -0.1) is 0 Å². The molecular formula is C15H25NO2. The van der Waals surface area contributed by atoms with E-state index in [9.17, 15) is 0 Å². The summed E-state index contributed by atoms with van der Waals surface area (Å²) in [7, 11) is 3.47. The van der Waals surface area contributed by atoms with Crippen molar-refractivity contribution >= 4 is 0 Å². The minimum Gasteiger partial charge on any atom is -0.497 e. The third-order valence-corrected chi connectivity index (χ3v) is 3.20. The molecule has 1 aromatic rings. The smallest absolute Gasteiger partial charge is 0.119 e. The topological polar surface area (TPSA) is 30.5 Å². The van der Waals surface area contributed by atoms with E-state index >= 15 is 0 Å². The Labute approximate surface area is 110 Å². The molecule has 0 bridgehead atoms. The van der Waals surface area contributed by atoms with E-state index in [-0.39, 0.29) is 6.10 Å². The molecule has 0 aliphatic carbocycles. The predicted molar refractivity (Wildman–Crippen MR) is 75.0 cm³/mol. The highest BCUT2D eigenvalue weighted by Crippen LogP contribution is 2.13. The third kappa shape index (κ3) is 4.67. The number of ether oxygens (including phenoxy) is 2. The second kappa shape index (κ2) is 8.11. The molecule has 0 spiro atoms. The van der Waals surface area contributed by atoms with Crippen molar-refractivity contribution < 1.29 is 9.47 Å². The Morgan fingerprint density at radius 2 is 2.06 bits per heavy atom. The molecule has 2 atom stereocenters. The van der Waals surface area contributed by atoms with E-state index in [0.29, 0.717) is 6.04 Å². The molecule has 1 rings (SSSR count). The number of methoxy groups -OCH3 is 2. The van der Waals surface area contributed by atoms with Gasteiger partial charge in [-0.2, -0.15) is 0 Å². The van der Waals surface area contributed by atoms with Crippen LogP contribution in [0.5, 0.6) is 5.75 Å². The summed E-state index contributed by atoms with van der Waals surface area (Å²) in [5, 5.41) is 3.51. The van der Waals surface area contributed by atoms with Crippen LogP contribution < -0.4 is 10.1 Å². The molecule has 0 aliphatic rings. The summed E-state index contributed by atoms with van der Waals surface area (Å²) >= 11 is 0. The third-order valence-electron chi connectivity index (χ3n) is 3.20. The van der Waals surface area contributed by atoms with Crippen molar-refractivity contribution in [3.05, 3.63) is 29.8 Å². The van der Waals surface area contributed by atoms with Crippen LogP contribution >= 0.6 is 0 Å². The summed E-state index contributed by atoms with van der Waals surface area (Å²) in [5.41, 5.74) is 1.23. The van der Waals surface area contributed by atoms with Crippen LogP contribution in [-0.2, 0) is 11.3 Å². The molecule has 0 amide bonds. The van der Waals surface area contributed by atoms with Crippen molar-refractivity contribution in [2.24, 2.45) is 0 Å². The van der Waals surface area contributed by atoms with E-state index in [4.69, 9.17) is 9.47 Å². The van der Waals surface area contributed by atoms with Crippen molar-refractivity contribution in [1.82, 2.24) is 5.32 Å². The molecule has 0 aromatic heterocycles. The summed E-state index contributed by atoms with van der Waals surface area (Å²) in [4.78, 5) is 0. The highest BCUT2D eigenvalue weighted by molar-refractivity contribution is 5.28. The second-order valence-electron chi connectivity index (χ2n) is 4.58. The van der Waals surface area contributed by atoms with Crippen molar-refractivity contribution in [1.29, 1.82) is 0 Å². The van der Waals surface area contributed by atoms with Gasteiger partial charge in [-0.3, -0.25) is 0 Å². The zero-order chi connectivity index (χ0) is 13.4. The van der Waals surface area contributed by atoms with E-state index in [1.807, 2.05) is 12.1 Å². The maximum Gasteiger partial charge on any atom is 0.119 e. The fourth-order valence-corrected chi connectivity index (χ4v) is 2.05. The van der Waals surface area contributed by atoms with E-state index in [2.05, 4.69) is 31.3 Å². The lowest BCUT2D eigenvalue weighted by Gasteiger charge is -2.23. The Balaban J connectivity index is 2.47. The Hall–Kier alpha value is -1.06. The lowest BCUT2D eigenvalue weighted by atomic mass is 10.1. The molecule has 3 nitrogen and oxygen atoms in total. The Morgan fingerprint density at radius 3 is 2.67 bits per heavy atom. The van der Waals surface area contributed by atoms with Gasteiger partial charge in [0.15, 0.2) is 0 Å². The van der Waals surface area contributed by atoms with Gasteiger partial charge in [0.05, 0.1) is 13.2 Å². The molecule has 3 heteroatoms. The van der Waals surface area contributed by atoms with E-state index in [1.165, 1.54) is 5.56 Å². The van der Waals surface area contributed by atoms with Crippen molar-refractivity contribution in [3.63, 3.8) is 0 Å². The van der Waals surface area contributed by atoms with Crippen molar-refractivity contribution in [2.75, 3.05) is 14.2 Å².